The fraction of sp³-hybridized carbons (Fsp3) is 0.800. The van der Waals surface area contributed by atoms with Crippen molar-refractivity contribution in [1.29, 1.82) is 0 Å². The molecule has 6 nitrogen and oxygen atoms in total. The number of carbonyl (C=O) groups excluding carboxylic acids is 1. The lowest BCUT2D eigenvalue weighted by Gasteiger charge is -2.19. The Hall–Kier alpha value is -1.14. The Bertz CT molecular complexity index is 270. The molecule has 1 fully saturated rings. The molecule has 3 N–H and O–H groups in total. The molecule has 2 atom stereocenters. The summed E-state index contributed by atoms with van der Waals surface area (Å²) in [5, 5.41) is 21.0. The van der Waals surface area contributed by atoms with Crippen molar-refractivity contribution in [2.75, 3.05) is 19.6 Å². The van der Waals surface area contributed by atoms with Gasteiger partial charge in [-0.2, -0.15) is 0 Å². The fourth-order valence-corrected chi connectivity index (χ4v) is 1.82. The van der Waals surface area contributed by atoms with E-state index >= 15 is 0 Å². The number of aliphatic hydroxyl groups is 1. The van der Waals surface area contributed by atoms with Gasteiger partial charge in [0.25, 0.3) is 0 Å². The molecule has 16 heavy (non-hydrogen) atoms. The molecule has 0 aliphatic carbocycles. The zero-order valence-electron chi connectivity index (χ0n) is 9.35. The summed E-state index contributed by atoms with van der Waals surface area (Å²) in [6.45, 7) is 2.82. The van der Waals surface area contributed by atoms with Crippen LogP contribution in [0.4, 0.5) is 0 Å². The molecule has 0 bridgehead atoms. The van der Waals surface area contributed by atoms with Crippen molar-refractivity contribution in [3.05, 3.63) is 0 Å². The van der Waals surface area contributed by atoms with E-state index in [-0.39, 0.29) is 25.4 Å². The molecule has 0 saturated carbocycles. The van der Waals surface area contributed by atoms with E-state index in [4.69, 9.17) is 5.11 Å². The van der Waals surface area contributed by atoms with Crippen LogP contribution >= 0.6 is 0 Å². The molecule has 0 aromatic heterocycles. The van der Waals surface area contributed by atoms with Crippen LogP contribution in [0.25, 0.3) is 0 Å². The number of hydrogen-bond donors (Lipinski definition) is 3. The first kappa shape index (κ1) is 12.9. The van der Waals surface area contributed by atoms with Crippen molar-refractivity contribution in [2.45, 2.75) is 31.9 Å². The number of carboxylic acid groups (broad SMARTS) is 1. The summed E-state index contributed by atoms with van der Waals surface area (Å²) >= 11 is 0. The second kappa shape index (κ2) is 5.81. The van der Waals surface area contributed by atoms with Gasteiger partial charge in [0.15, 0.2) is 0 Å². The maximum Gasteiger partial charge on any atom is 0.321 e. The lowest BCUT2D eigenvalue weighted by atomic mass is 10.2. The minimum Gasteiger partial charge on any atom is -0.480 e. The third-order valence-electron chi connectivity index (χ3n) is 2.59. The van der Waals surface area contributed by atoms with Gasteiger partial charge in [0.05, 0.1) is 12.6 Å². The van der Waals surface area contributed by atoms with E-state index in [0.29, 0.717) is 6.54 Å². The predicted molar refractivity (Wildman–Crippen MR) is 56.9 cm³/mol. The summed E-state index contributed by atoms with van der Waals surface area (Å²) in [4.78, 5) is 23.8. The topological polar surface area (TPSA) is 89.9 Å². The number of amides is 1. The molecule has 1 aliphatic rings. The van der Waals surface area contributed by atoms with Gasteiger partial charge < -0.3 is 15.5 Å². The Balaban J connectivity index is 2.45. The molecular weight excluding hydrogens is 212 g/mol. The van der Waals surface area contributed by atoms with E-state index in [2.05, 4.69) is 5.32 Å². The number of β-amino-alcohol motifs (C(OH)–C–C–N with tert-alkyl or cyclic N) is 1. The van der Waals surface area contributed by atoms with Gasteiger partial charge in [-0.3, -0.25) is 14.5 Å². The standard InChI is InChI=1S/C10H18N2O4/c1-2-3-11-9(14)6-12-5-7(13)4-8(12)10(15)16/h7-8,13H,2-6H2,1H3,(H,11,14)(H,15,16). The zero-order valence-corrected chi connectivity index (χ0v) is 9.35. The van der Waals surface area contributed by atoms with E-state index in [1.165, 1.54) is 4.90 Å². The number of carbonyl (C=O) groups is 2. The first-order valence-corrected chi connectivity index (χ1v) is 5.46. The Kier molecular flexibility index (Phi) is 4.70. The lowest BCUT2D eigenvalue weighted by molar-refractivity contribution is -0.142. The van der Waals surface area contributed by atoms with Crippen molar-refractivity contribution < 1.29 is 19.8 Å². The number of likely N-dealkylation sites (tertiary alicyclic amines) is 1. The Morgan fingerprint density at radius 1 is 1.50 bits per heavy atom. The number of carboxylic acids is 1. The number of rotatable bonds is 5. The van der Waals surface area contributed by atoms with Gasteiger partial charge in [-0.1, -0.05) is 6.92 Å². The quantitative estimate of drug-likeness (QED) is 0.565. The molecule has 0 aromatic carbocycles. The Labute approximate surface area is 94.2 Å². The highest BCUT2D eigenvalue weighted by Gasteiger charge is 2.36. The van der Waals surface area contributed by atoms with E-state index < -0.39 is 18.1 Å². The van der Waals surface area contributed by atoms with Crippen molar-refractivity contribution in [2.24, 2.45) is 0 Å². The van der Waals surface area contributed by atoms with Crippen molar-refractivity contribution >= 4 is 11.9 Å². The Morgan fingerprint density at radius 3 is 2.75 bits per heavy atom. The van der Waals surface area contributed by atoms with Crippen molar-refractivity contribution in [1.82, 2.24) is 10.2 Å². The summed E-state index contributed by atoms with van der Waals surface area (Å²) in [7, 11) is 0. The van der Waals surface area contributed by atoms with Crippen molar-refractivity contribution in [3.63, 3.8) is 0 Å². The summed E-state index contributed by atoms with van der Waals surface area (Å²) in [5.74, 6) is -1.18. The second-order valence-electron chi connectivity index (χ2n) is 4.02. The van der Waals surface area contributed by atoms with Crippen LogP contribution in [0.5, 0.6) is 0 Å². The molecule has 92 valence electrons. The second-order valence-corrected chi connectivity index (χ2v) is 4.02. The molecule has 2 unspecified atom stereocenters. The van der Waals surface area contributed by atoms with Crippen LogP contribution in [0, 0.1) is 0 Å². The number of nitrogens with zero attached hydrogens (tertiary/aromatic N) is 1. The molecule has 0 radical (unpaired) electrons. The van der Waals surface area contributed by atoms with Gasteiger partial charge in [-0.25, -0.2) is 0 Å². The predicted octanol–water partition coefficient (Wildman–Crippen LogP) is -0.968. The van der Waals surface area contributed by atoms with Gasteiger partial charge >= 0.3 is 5.97 Å². The van der Waals surface area contributed by atoms with E-state index in [9.17, 15) is 14.7 Å². The third kappa shape index (κ3) is 3.46. The van der Waals surface area contributed by atoms with Gasteiger partial charge in [0, 0.05) is 19.5 Å². The fourth-order valence-electron chi connectivity index (χ4n) is 1.82. The molecular formula is C10H18N2O4. The average molecular weight is 230 g/mol. The van der Waals surface area contributed by atoms with Crippen LogP contribution < -0.4 is 5.32 Å². The number of aliphatic carboxylic acids is 1. The van der Waals surface area contributed by atoms with E-state index in [1.807, 2.05) is 6.92 Å². The number of nitrogens with one attached hydrogen (secondary N) is 1. The highest BCUT2D eigenvalue weighted by molar-refractivity contribution is 5.80. The largest absolute Gasteiger partial charge is 0.480 e. The molecule has 6 heteroatoms. The van der Waals surface area contributed by atoms with E-state index in [0.717, 1.165) is 6.42 Å². The third-order valence-corrected chi connectivity index (χ3v) is 2.59. The molecule has 1 aliphatic heterocycles. The summed E-state index contributed by atoms with van der Waals surface area (Å²) < 4.78 is 0. The molecule has 1 rings (SSSR count). The average Bonchev–Trinajstić information content (AvgIpc) is 2.56. The number of hydrogen-bond acceptors (Lipinski definition) is 4. The number of aliphatic hydroxyl groups excluding tert-OH is 1. The minimum atomic E-state index is -0.986. The smallest absolute Gasteiger partial charge is 0.321 e. The van der Waals surface area contributed by atoms with Gasteiger partial charge in [-0.15, -0.1) is 0 Å². The normalized spacial score (nSPS) is 25.6. The van der Waals surface area contributed by atoms with Gasteiger partial charge in [0.1, 0.15) is 6.04 Å². The molecule has 0 aromatic rings. The van der Waals surface area contributed by atoms with Gasteiger partial charge in [0.2, 0.25) is 5.91 Å². The van der Waals surface area contributed by atoms with Crippen LogP contribution in [0.15, 0.2) is 0 Å². The summed E-state index contributed by atoms with van der Waals surface area (Å²) in [6.07, 6.45) is 0.382. The van der Waals surface area contributed by atoms with Crippen molar-refractivity contribution in [3.8, 4) is 0 Å². The first-order valence-electron chi connectivity index (χ1n) is 5.46. The molecule has 1 heterocycles. The van der Waals surface area contributed by atoms with Gasteiger partial charge in [-0.05, 0) is 6.42 Å². The van der Waals surface area contributed by atoms with E-state index in [1.54, 1.807) is 0 Å². The molecule has 1 saturated heterocycles. The first-order chi connectivity index (χ1) is 7.54. The Morgan fingerprint density at radius 2 is 2.19 bits per heavy atom. The monoisotopic (exact) mass is 230 g/mol. The van der Waals surface area contributed by atoms with Crippen LogP contribution in [-0.4, -0.2) is 58.8 Å². The van der Waals surface area contributed by atoms with Crippen LogP contribution in [-0.2, 0) is 9.59 Å². The summed E-state index contributed by atoms with van der Waals surface area (Å²) in [6, 6.07) is -0.748. The lowest BCUT2D eigenvalue weighted by Crippen LogP contribution is -2.43. The molecule has 1 amide bonds. The minimum absolute atomic E-state index is 0.0357. The molecule has 0 spiro atoms. The highest BCUT2D eigenvalue weighted by Crippen LogP contribution is 2.17. The van der Waals surface area contributed by atoms with Crippen LogP contribution in [0.3, 0.4) is 0 Å². The maximum absolute atomic E-state index is 11.4. The van der Waals surface area contributed by atoms with Crippen LogP contribution in [0.1, 0.15) is 19.8 Å². The highest BCUT2D eigenvalue weighted by atomic mass is 16.4. The summed E-state index contributed by atoms with van der Waals surface area (Å²) in [5.41, 5.74) is 0. The zero-order chi connectivity index (χ0) is 12.1. The maximum atomic E-state index is 11.4. The SMILES string of the molecule is CCCNC(=O)CN1CC(O)CC1C(=O)O. The van der Waals surface area contributed by atoms with Crippen LogP contribution in [0.2, 0.25) is 0 Å².